The summed E-state index contributed by atoms with van der Waals surface area (Å²) >= 11 is 0. The molecule has 2 nitrogen and oxygen atoms in total. The number of benzene rings is 4. The van der Waals surface area contributed by atoms with Gasteiger partial charge in [0.15, 0.2) is 0 Å². The van der Waals surface area contributed by atoms with Crippen molar-refractivity contribution >= 4 is 33.2 Å². The highest BCUT2D eigenvalue weighted by Crippen LogP contribution is 2.37. The Morgan fingerprint density at radius 2 is 1.11 bits per heavy atom. The van der Waals surface area contributed by atoms with Crippen LogP contribution in [0.2, 0.25) is 0 Å². The highest BCUT2D eigenvalue weighted by atomic mass is 15.1. The first-order chi connectivity index (χ1) is 17.0. The van der Waals surface area contributed by atoms with Crippen molar-refractivity contribution in [1.82, 2.24) is 4.57 Å². The maximum atomic E-state index is 2.43. The molecular weight excluding hydrogens is 424 g/mol. The van der Waals surface area contributed by atoms with Crippen LogP contribution in [0, 0.1) is 0 Å². The number of hydrogen-bond acceptors (Lipinski definition) is 1. The normalized spacial score (nSPS) is 13.3. The van der Waals surface area contributed by atoms with E-state index in [1.807, 2.05) is 0 Å². The maximum Gasteiger partial charge on any atom is 0.0541 e. The SMILES string of the molecule is CCC(C)c1ccc2c(c1)c1cc(C(C)CC)ccc1n2-c1ccc(N(C)c2ccccc2)cc1. The molecule has 1 heterocycles. The molecule has 0 saturated carbocycles. The largest absolute Gasteiger partial charge is 0.345 e. The molecule has 4 aromatic carbocycles. The zero-order valence-electron chi connectivity index (χ0n) is 21.6. The van der Waals surface area contributed by atoms with Gasteiger partial charge in [0.1, 0.15) is 0 Å². The van der Waals surface area contributed by atoms with Crippen LogP contribution in [0.25, 0.3) is 27.5 Å². The Kier molecular flexibility index (Phi) is 6.38. The summed E-state index contributed by atoms with van der Waals surface area (Å²) in [5, 5.41) is 2.71. The smallest absolute Gasteiger partial charge is 0.0541 e. The lowest BCUT2D eigenvalue weighted by Crippen LogP contribution is -2.09. The topological polar surface area (TPSA) is 8.17 Å². The first-order valence-corrected chi connectivity index (χ1v) is 13.0. The van der Waals surface area contributed by atoms with E-state index in [-0.39, 0.29) is 0 Å². The zero-order chi connectivity index (χ0) is 24.5. The first-order valence-electron chi connectivity index (χ1n) is 13.0. The van der Waals surface area contributed by atoms with Gasteiger partial charge in [-0.1, -0.05) is 58.0 Å². The Hall–Kier alpha value is -3.52. The predicted molar refractivity (Wildman–Crippen MR) is 153 cm³/mol. The van der Waals surface area contributed by atoms with Gasteiger partial charge in [-0.25, -0.2) is 0 Å². The molecule has 1 aromatic heterocycles. The summed E-state index contributed by atoms with van der Waals surface area (Å²) in [6.07, 6.45) is 2.30. The van der Waals surface area contributed by atoms with Crippen LogP contribution in [0.1, 0.15) is 63.5 Å². The zero-order valence-corrected chi connectivity index (χ0v) is 21.6. The molecule has 5 rings (SSSR count). The molecule has 178 valence electrons. The number of fused-ring (bicyclic) bond motifs is 3. The number of para-hydroxylation sites is 1. The van der Waals surface area contributed by atoms with Crippen LogP contribution in [0.3, 0.4) is 0 Å². The lowest BCUT2D eigenvalue weighted by atomic mass is 9.95. The number of anilines is 2. The summed E-state index contributed by atoms with van der Waals surface area (Å²) in [6, 6.07) is 33.6. The number of hydrogen-bond donors (Lipinski definition) is 0. The highest BCUT2D eigenvalue weighted by Gasteiger charge is 2.16. The Morgan fingerprint density at radius 1 is 0.629 bits per heavy atom. The Morgan fingerprint density at radius 3 is 1.60 bits per heavy atom. The fourth-order valence-corrected chi connectivity index (χ4v) is 5.05. The summed E-state index contributed by atoms with van der Waals surface area (Å²) in [5.74, 6) is 1.12. The van der Waals surface area contributed by atoms with E-state index in [0.717, 1.165) is 12.8 Å². The summed E-state index contributed by atoms with van der Waals surface area (Å²) < 4.78 is 2.43. The number of rotatable bonds is 7. The molecule has 0 aliphatic heterocycles. The molecule has 2 atom stereocenters. The second-order valence-corrected chi connectivity index (χ2v) is 9.92. The van der Waals surface area contributed by atoms with Crippen LogP contribution < -0.4 is 4.90 Å². The monoisotopic (exact) mass is 460 g/mol. The third-order valence-corrected chi connectivity index (χ3v) is 7.81. The number of aromatic nitrogens is 1. The van der Waals surface area contributed by atoms with Crippen LogP contribution >= 0.6 is 0 Å². The molecule has 0 spiro atoms. The third kappa shape index (κ3) is 4.23. The molecule has 2 unspecified atom stereocenters. The van der Waals surface area contributed by atoms with Gasteiger partial charge in [0, 0.05) is 34.9 Å². The van der Waals surface area contributed by atoms with Gasteiger partial charge in [-0.05, 0) is 96.5 Å². The Bertz CT molecular complexity index is 1380. The molecule has 5 aromatic rings. The van der Waals surface area contributed by atoms with Gasteiger partial charge in [0.25, 0.3) is 0 Å². The summed E-state index contributed by atoms with van der Waals surface area (Å²) in [7, 11) is 2.12. The van der Waals surface area contributed by atoms with E-state index < -0.39 is 0 Å². The lowest BCUT2D eigenvalue weighted by Gasteiger charge is -2.20. The predicted octanol–water partition coefficient (Wildman–Crippen LogP) is 9.58. The van der Waals surface area contributed by atoms with E-state index in [9.17, 15) is 0 Å². The average molecular weight is 461 g/mol. The Balaban J connectivity index is 1.66. The molecule has 2 heteroatoms. The van der Waals surface area contributed by atoms with Crippen molar-refractivity contribution in [3.05, 3.63) is 102 Å². The van der Waals surface area contributed by atoms with Gasteiger partial charge in [0.05, 0.1) is 11.0 Å². The third-order valence-electron chi connectivity index (χ3n) is 7.81. The van der Waals surface area contributed by atoms with E-state index in [2.05, 4.69) is 135 Å². The van der Waals surface area contributed by atoms with Crippen molar-refractivity contribution < 1.29 is 0 Å². The van der Waals surface area contributed by atoms with Crippen LogP contribution in [-0.2, 0) is 0 Å². The van der Waals surface area contributed by atoms with Crippen LogP contribution in [-0.4, -0.2) is 11.6 Å². The van der Waals surface area contributed by atoms with E-state index in [4.69, 9.17) is 0 Å². The van der Waals surface area contributed by atoms with Crippen molar-refractivity contribution in [1.29, 1.82) is 0 Å². The quantitative estimate of drug-likeness (QED) is 0.235. The molecule has 35 heavy (non-hydrogen) atoms. The van der Waals surface area contributed by atoms with Crippen molar-refractivity contribution in [3.63, 3.8) is 0 Å². The van der Waals surface area contributed by atoms with Crippen LogP contribution in [0.4, 0.5) is 11.4 Å². The summed E-state index contributed by atoms with van der Waals surface area (Å²) in [4.78, 5) is 2.23. The lowest BCUT2D eigenvalue weighted by molar-refractivity contribution is 0.734. The molecule has 0 fully saturated rings. The van der Waals surface area contributed by atoms with Gasteiger partial charge in [-0.2, -0.15) is 0 Å². The molecule has 0 aliphatic rings. The second-order valence-electron chi connectivity index (χ2n) is 9.92. The minimum atomic E-state index is 0.559. The average Bonchev–Trinajstić information content (AvgIpc) is 3.25. The van der Waals surface area contributed by atoms with Crippen molar-refractivity contribution in [2.75, 3.05) is 11.9 Å². The highest BCUT2D eigenvalue weighted by molar-refractivity contribution is 6.09. The fourth-order valence-electron chi connectivity index (χ4n) is 5.05. The second kappa shape index (κ2) is 9.62. The summed E-state index contributed by atoms with van der Waals surface area (Å²) in [6.45, 7) is 9.19. The van der Waals surface area contributed by atoms with Crippen molar-refractivity contribution in [2.45, 2.75) is 52.4 Å². The van der Waals surface area contributed by atoms with E-state index in [1.165, 1.54) is 50.0 Å². The first kappa shape index (κ1) is 23.2. The van der Waals surface area contributed by atoms with E-state index in [0.29, 0.717) is 11.8 Å². The minimum Gasteiger partial charge on any atom is -0.345 e. The molecule has 0 aliphatic carbocycles. The summed E-state index contributed by atoms with van der Waals surface area (Å²) in [5.41, 5.74) is 8.96. The molecule has 0 radical (unpaired) electrons. The van der Waals surface area contributed by atoms with E-state index >= 15 is 0 Å². The van der Waals surface area contributed by atoms with Gasteiger partial charge < -0.3 is 9.47 Å². The minimum absolute atomic E-state index is 0.559. The molecule has 0 N–H and O–H groups in total. The standard InChI is InChI=1S/C33H36N2/c1-6-23(3)25-13-19-32-30(21-25)31-22-26(24(4)7-2)14-20-33(31)35(32)29-17-15-28(16-18-29)34(5)27-11-9-8-10-12-27/h8-24H,6-7H2,1-5H3. The maximum absolute atomic E-state index is 2.43. The van der Waals surface area contributed by atoms with Crippen LogP contribution in [0.5, 0.6) is 0 Å². The van der Waals surface area contributed by atoms with Gasteiger partial charge in [-0.3, -0.25) is 0 Å². The molecule has 0 saturated heterocycles. The van der Waals surface area contributed by atoms with Crippen molar-refractivity contribution in [3.8, 4) is 5.69 Å². The van der Waals surface area contributed by atoms with E-state index in [1.54, 1.807) is 0 Å². The van der Waals surface area contributed by atoms with Gasteiger partial charge in [0.2, 0.25) is 0 Å². The van der Waals surface area contributed by atoms with Crippen molar-refractivity contribution in [2.24, 2.45) is 0 Å². The molecular formula is C33H36N2. The molecule has 0 amide bonds. The van der Waals surface area contributed by atoms with Gasteiger partial charge >= 0.3 is 0 Å². The molecule has 0 bridgehead atoms. The Labute approximate surface area is 209 Å². The van der Waals surface area contributed by atoms with Crippen LogP contribution in [0.15, 0.2) is 91.0 Å². The number of nitrogens with zero attached hydrogens (tertiary/aromatic N) is 2. The van der Waals surface area contributed by atoms with Gasteiger partial charge in [-0.15, -0.1) is 0 Å². The fraction of sp³-hybridized carbons (Fsp3) is 0.273.